The van der Waals surface area contributed by atoms with E-state index in [1.54, 1.807) is 0 Å². The third-order valence-corrected chi connectivity index (χ3v) is 2.11. The van der Waals surface area contributed by atoms with Crippen molar-refractivity contribution in [2.24, 2.45) is 0 Å². The van der Waals surface area contributed by atoms with E-state index in [2.05, 4.69) is 11.2 Å². The fourth-order valence-corrected chi connectivity index (χ4v) is 1.30. The number of hydrogen-bond acceptors (Lipinski definition) is 3. The van der Waals surface area contributed by atoms with E-state index < -0.39 is 0 Å². The summed E-state index contributed by atoms with van der Waals surface area (Å²) >= 11 is 1.50. The van der Waals surface area contributed by atoms with Crippen LogP contribution in [-0.2, 0) is 4.79 Å². The number of carbonyl (C=O) groups excluding carboxylic acids is 1. The van der Waals surface area contributed by atoms with Gasteiger partial charge in [-0.05, 0) is 12.2 Å². The predicted molar refractivity (Wildman–Crippen MR) is 50.9 cm³/mol. The summed E-state index contributed by atoms with van der Waals surface area (Å²) in [5.74, 6) is 3.50. The second-order valence-corrected chi connectivity index (χ2v) is 3.22. The molecule has 0 aliphatic heterocycles. The average Bonchev–Trinajstić information content (AvgIpc) is 2.09. The van der Waals surface area contributed by atoms with E-state index in [0.717, 1.165) is 12.2 Å². The summed E-state index contributed by atoms with van der Waals surface area (Å²) in [6, 6.07) is 0. The lowest BCUT2D eigenvalue weighted by atomic mass is 10.5. The van der Waals surface area contributed by atoms with Crippen LogP contribution < -0.4 is 5.32 Å². The summed E-state index contributed by atoms with van der Waals surface area (Å²) in [5.41, 5.74) is 0. The highest BCUT2D eigenvalue weighted by molar-refractivity contribution is 7.99. The van der Waals surface area contributed by atoms with Gasteiger partial charge in [-0.2, -0.15) is 11.8 Å². The van der Waals surface area contributed by atoms with Crippen LogP contribution in [0.4, 0.5) is 0 Å². The molecule has 0 rings (SSSR count). The molecule has 0 unspecified atom stereocenters. The van der Waals surface area contributed by atoms with Crippen molar-refractivity contribution in [3.8, 4) is 12.3 Å². The molecule has 0 radical (unpaired) electrons. The maximum absolute atomic E-state index is 10.9. The molecule has 0 aromatic heterocycles. The van der Waals surface area contributed by atoms with Crippen molar-refractivity contribution in [3.05, 3.63) is 0 Å². The molecule has 0 aromatic rings. The summed E-state index contributed by atoms with van der Waals surface area (Å²) in [6.07, 6.45) is 5.68. The van der Waals surface area contributed by atoms with Gasteiger partial charge < -0.3 is 10.4 Å². The number of carbonyl (C=O) groups is 1. The Hall–Kier alpha value is -0.660. The van der Waals surface area contributed by atoms with Gasteiger partial charge in [0, 0.05) is 6.61 Å². The Morgan fingerprint density at radius 1 is 1.67 bits per heavy atom. The molecule has 0 fully saturated rings. The molecule has 0 aliphatic rings. The fraction of sp³-hybridized carbons (Fsp3) is 0.625. The van der Waals surface area contributed by atoms with E-state index >= 15 is 0 Å². The summed E-state index contributed by atoms with van der Waals surface area (Å²) < 4.78 is 0. The molecule has 0 saturated heterocycles. The number of thioether (sulfide) groups is 1. The molecule has 0 saturated carbocycles. The summed E-state index contributed by atoms with van der Waals surface area (Å²) in [4.78, 5) is 10.9. The third kappa shape index (κ3) is 7.45. The first-order chi connectivity index (χ1) is 5.81. The highest BCUT2D eigenvalue weighted by Gasteiger charge is 1.98. The van der Waals surface area contributed by atoms with Crippen molar-refractivity contribution in [2.45, 2.75) is 6.42 Å². The largest absolute Gasteiger partial charge is 0.396 e. The molecular weight excluding hydrogens is 174 g/mol. The molecule has 4 heteroatoms. The number of terminal acetylenes is 1. The molecule has 0 atom stereocenters. The Kier molecular flexibility index (Phi) is 7.97. The third-order valence-electron chi connectivity index (χ3n) is 1.07. The predicted octanol–water partition coefficient (Wildman–Crippen LogP) is -0.149. The molecule has 0 bridgehead atoms. The first-order valence-electron chi connectivity index (χ1n) is 3.70. The van der Waals surface area contributed by atoms with Gasteiger partial charge >= 0.3 is 0 Å². The first kappa shape index (κ1) is 11.3. The zero-order chi connectivity index (χ0) is 9.23. The SMILES string of the molecule is C#CCNC(=O)CSCCCO. The van der Waals surface area contributed by atoms with E-state index in [4.69, 9.17) is 11.5 Å². The van der Waals surface area contributed by atoms with Gasteiger partial charge in [-0.15, -0.1) is 6.42 Å². The van der Waals surface area contributed by atoms with Crippen molar-refractivity contribution in [3.63, 3.8) is 0 Å². The fourth-order valence-electron chi connectivity index (χ4n) is 0.532. The lowest BCUT2D eigenvalue weighted by molar-refractivity contribution is -0.118. The monoisotopic (exact) mass is 187 g/mol. The molecule has 68 valence electrons. The van der Waals surface area contributed by atoms with E-state index in [-0.39, 0.29) is 12.5 Å². The number of rotatable bonds is 6. The van der Waals surface area contributed by atoms with Gasteiger partial charge in [0.15, 0.2) is 0 Å². The van der Waals surface area contributed by atoms with Crippen molar-refractivity contribution < 1.29 is 9.90 Å². The Bertz CT molecular complexity index is 165. The minimum Gasteiger partial charge on any atom is -0.396 e. The van der Waals surface area contributed by atoms with Crippen molar-refractivity contribution in [1.82, 2.24) is 5.32 Å². The number of amides is 1. The van der Waals surface area contributed by atoms with Gasteiger partial charge in [-0.3, -0.25) is 4.79 Å². The highest BCUT2D eigenvalue weighted by atomic mass is 32.2. The van der Waals surface area contributed by atoms with Crippen LogP contribution in [0.3, 0.4) is 0 Å². The van der Waals surface area contributed by atoms with Crippen LogP contribution in [-0.4, -0.2) is 35.7 Å². The second kappa shape index (κ2) is 8.44. The number of nitrogens with one attached hydrogen (secondary N) is 1. The molecule has 3 nitrogen and oxygen atoms in total. The van der Waals surface area contributed by atoms with Crippen LogP contribution in [0.5, 0.6) is 0 Å². The minimum atomic E-state index is -0.0455. The van der Waals surface area contributed by atoms with Crippen LogP contribution in [0.25, 0.3) is 0 Å². The van der Waals surface area contributed by atoms with Crippen LogP contribution in [0, 0.1) is 12.3 Å². The standard InChI is InChI=1S/C8H13NO2S/c1-2-4-9-8(11)7-12-6-3-5-10/h1,10H,3-7H2,(H,9,11). The normalized spacial score (nSPS) is 9.00. The lowest BCUT2D eigenvalue weighted by Crippen LogP contribution is -2.25. The van der Waals surface area contributed by atoms with Gasteiger partial charge in [0.25, 0.3) is 0 Å². The molecule has 12 heavy (non-hydrogen) atoms. The van der Waals surface area contributed by atoms with Gasteiger partial charge in [-0.25, -0.2) is 0 Å². The molecule has 0 spiro atoms. The minimum absolute atomic E-state index is 0.0455. The van der Waals surface area contributed by atoms with Gasteiger partial charge in [0.1, 0.15) is 0 Å². The zero-order valence-corrected chi connectivity index (χ0v) is 7.69. The summed E-state index contributed by atoms with van der Waals surface area (Å²) in [6.45, 7) is 0.471. The van der Waals surface area contributed by atoms with Crippen LogP contribution >= 0.6 is 11.8 Å². The summed E-state index contributed by atoms with van der Waals surface area (Å²) in [7, 11) is 0. The van der Waals surface area contributed by atoms with E-state index in [1.807, 2.05) is 0 Å². The molecular formula is C8H13NO2S. The number of aliphatic hydroxyl groups excluding tert-OH is 1. The molecule has 1 amide bonds. The lowest BCUT2D eigenvalue weighted by Gasteiger charge is -2.00. The first-order valence-corrected chi connectivity index (χ1v) is 4.85. The maximum atomic E-state index is 10.9. The molecule has 0 aromatic carbocycles. The molecule has 0 heterocycles. The van der Waals surface area contributed by atoms with Gasteiger partial charge in [-0.1, -0.05) is 5.92 Å². The van der Waals surface area contributed by atoms with Crippen LogP contribution in [0.2, 0.25) is 0 Å². The van der Waals surface area contributed by atoms with Gasteiger partial charge in [0.05, 0.1) is 12.3 Å². The van der Waals surface area contributed by atoms with Crippen LogP contribution in [0.1, 0.15) is 6.42 Å². The smallest absolute Gasteiger partial charge is 0.230 e. The Morgan fingerprint density at radius 3 is 3.00 bits per heavy atom. The number of aliphatic hydroxyl groups is 1. The Morgan fingerprint density at radius 2 is 2.42 bits per heavy atom. The van der Waals surface area contributed by atoms with Crippen molar-refractivity contribution in [2.75, 3.05) is 24.7 Å². The average molecular weight is 187 g/mol. The topological polar surface area (TPSA) is 49.3 Å². The van der Waals surface area contributed by atoms with E-state index in [0.29, 0.717) is 12.3 Å². The van der Waals surface area contributed by atoms with Crippen LogP contribution in [0.15, 0.2) is 0 Å². The van der Waals surface area contributed by atoms with Crippen molar-refractivity contribution >= 4 is 17.7 Å². The maximum Gasteiger partial charge on any atom is 0.230 e. The van der Waals surface area contributed by atoms with Crippen molar-refractivity contribution in [1.29, 1.82) is 0 Å². The Labute approximate surface area is 76.9 Å². The van der Waals surface area contributed by atoms with Gasteiger partial charge in [0.2, 0.25) is 5.91 Å². The Balaban J connectivity index is 3.15. The second-order valence-electron chi connectivity index (χ2n) is 2.11. The van der Waals surface area contributed by atoms with E-state index in [1.165, 1.54) is 11.8 Å². The molecule has 0 aliphatic carbocycles. The summed E-state index contributed by atoms with van der Waals surface area (Å²) in [5, 5.41) is 11.0. The number of hydrogen-bond donors (Lipinski definition) is 2. The highest BCUT2D eigenvalue weighted by Crippen LogP contribution is 2.00. The zero-order valence-electron chi connectivity index (χ0n) is 6.88. The quantitative estimate of drug-likeness (QED) is 0.449. The van der Waals surface area contributed by atoms with E-state index in [9.17, 15) is 4.79 Å². The molecule has 2 N–H and O–H groups in total.